The van der Waals surface area contributed by atoms with E-state index in [2.05, 4.69) is 22.1 Å². The predicted octanol–water partition coefficient (Wildman–Crippen LogP) is 4.60. The Morgan fingerprint density at radius 3 is 2.63 bits per heavy atom. The highest BCUT2D eigenvalue weighted by molar-refractivity contribution is 6.28. The van der Waals surface area contributed by atoms with Gasteiger partial charge in [-0.2, -0.15) is 5.10 Å². The normalized spacial score (nSPS) is 11.9. The fraction of sp³-hybridized carbons (Fsp3) is 0.0952. The summed E-state index contributed by atoms with van der Waals surface area (Å²) in [6, 6.07) is 19.9. The number of hydrogen-bond acceptors (Lipinski definition) is 3. The molecule has 0 spiro atoms. The lowest BCUT2D eigenvalue weighted by Gasteiger charge is -2.06. The fourth-order valence-electron chi connectivity index (χ4n) is 3.14. The molecular weight excluding hydrogens is 358 g/mol. The molecule has 5 nitrogen and oxygen atoms in total. The van der Waals surface area contributed by atoms with E-state index in [1.165, 1.54) is 0 Å². The maximum Gasteiger partial charge on any atom is 0.163 e. The Kier molecular flexibility index (Phi) is 4.60. The van der Waals surface area contributed by atoms with Gasteiger partial charge in [0.25, 0.3) is 0 Å². The Morgan fingerprint density at radius 2 is 1.85 bits per heavy atom. The molecule has 0 amide bonds. The van der Waals surface area contributed by atoms with Crippen molar-refractivity contribution in [3.05, 3.63) is 72.6 Å². The van der Waals surface area contributed by atoms with Crippen molar-refractivity contribution in [1.29, 1.82) is 0 Å². The molecule has 6 heteroatoms. The highest BCUT2D eigenvalue weighted by Crippen LogP contribution is 2.30. The minimum atomic E-state index is 0.197. The van der Waals surface area contributed by atoms with E-state index in [-0.39, 0.29) is 5.88 Å². The average Bonchev–Trinajstić information content (AvgIpc) is 3.04. The largest absolute Gasteiger partial charge is 0.386 e. The van der Waals surface area contributed by atoms with E-state index in [1.807, 2.05) is 60.0 Å². The van der Waals surface area contributed by atoms with Gasteiger partial charge in [0.05, 0.1) is 23.0 Å². The molecule has 2 aromatic carbocycles. The molecule has 4 rings (SSSR count). The number of aliphatic imine (C=N–C) groups is 1. The number of amidine groups is 1. The first-order valence-electron chi connectivity index (χ1n) is 8.56. The van der Waals surface area contributed by atoms with Crippen molar-refractivity contribution in [3.8, 4) is 22.4 Å². The lowest BCUT2D eigenvalue weighted by atomic mass is 10.1. The first-order valence-corrected chi connectivity index (χ1v) is 9.10. The van der Waals surface area contributed by atoms with Crippen LogP contribution < -0.4 is 5.73 Å². The minimum absolute atomic E-state index is 0.197. The second kappa shape index (κ2) is 7.21. The van der Waals surface area contributed by atoms with Crippen LogP contribution in [-0.2, 0) is 0 Å². The van der Waals surface area contributed by atoms with Crippen LogP contribution in [0.3, 0.4) is 0 Å². The highest BCUT2D eigenvalue weighted by Gasteiger charge is 2.15. The smallest absolute Gasteiger partial charge is 0.163 e. The van der Waals surface area contributed by atoms with E-state index in [0.29, 0.717) is 5.84 Å². The van der Waals surface area contributed by atoms with E-state index in [1.54, 1.807) is 6.20 Å². The van der Waals surface area contributed by atoms with Crippen LogP contribution in [0.4, 0.5) is 5.69 Å². The second-order valence-electron chi connectivity index (χ2n) is 6.18. The predicted molar refractivity (Wildman–Crippen MR) is 111 cm³/mol. The summed E-state index contributed by atoms with van der Waals surface area (Å²) in [6.07, 6.45) is 1.81. The molecule has 0 atom stereocenters. The lowest BCUT2D eigenvalue weighted by molar-refractivity contribution is 0.925. The SMILES string of the molecule is Cc1nn2c(-c3cccc(N=C(N)CCl)c3)ccnc2c1-c1ccccc1. The Morgan fingerprint density at radius 1 is 1.07 bits per heavy atom. The number of halogens is 1. The zero-order valence-corrected chi connectivity index (χ0v) is 15.6. The quantitative estimate of drug-likeness (QED) is 0.322. The summed E-state index contributed by atoms with van der Waals surface area (Å²) in [5.41, 5.74) is 12.3. The van der Waals surface area contributed by atoms with Gasteiger partial charge >= 0.3 is 0 Å². The summed E-state index contributed by atoms with van der Waals surface area (Å²) in [5.74, 6) is 0.581. The number of alkyl halides is 1. The zero-order valence-electron chi connectivity index (χ0n) is 14.8. The van der Waals surface area contributed by atoms with Gasteiger partial charge in [-0.05, 0) is 30.7 Å². The number of nitrogens with two attached hydrogens (primary N) is 1. The molecule has 0 aliphatic heterocycles. The number of rotatable bonds is 4. The molecule has 2 N–H and O–H groups in total. The first-order chi connectivity index (χ1) is 13.2. The third-order valence-corrected chi connectivity index (χ3v) is 4.58. The van der Waals surface area contributed by atoms with E-state index >= 15 is 0 Å². The average molecular weight is 376 g/mol. The van der Waals surface area contributed by atoms with Crippen molar-refractivity contribution < 1.29 is 0 Å². The molecular formula is C21H18ClN5. The van der Waals surface area contributed by atoms with Crippen LogP contribution in [0, 0.1) is 6.92 Å². The second-order valence-corrected chi connectivity index (χ2v) is 6.45. The highest BCUT2D eigenvalue weighted by atomic mass is 35.5. The molecule has 2 heterocycles. The van der Waals surface area contributed by atoms with Gasteiger partial charge in [-0.25, -0.2) is 14.5 Å². The molecule has 0 fully saturated rings. The summed E-state index contributed by atoms with van der Waals surface area (Å²) in [4.78, 5) is 8.92. The van der Waals surface area contributed by atoms with Crippen molar-refractivity contribution in [2.24, 2.45) is 10.7 Å². The van der Waals surface area contributed by atoms with Gasteiger partial charge in [0.2, 0.25) is 0 Å². The van der Waals surface area contributed by atoms with Crippen LogP contribution in [0.15, 0.2) is 71.9 Å². The van der Waals surface area contributed by atoms with Gasteiger partial charge < -0.3 is 5.73 Å². The van der Waals surface area contributed by atoms with Crippen LogP contribution in [0.25, 0.3) is 28.0 Å². The number of benzene rings is 2. The molecule has 0 aliphatic carbocycles. The molecule has 134 valence electrons. The summed E-state index contributed by atoms with van der Waals surface area (Å²) < 4.78 is 1.88. The Bertz CT molecular complexity index is 1130. The molecule has 27 heavy (non-hydrogen) atoms. The summed E-state index contributed by atoms with van der Waals surface area (Å²) in [6.45, 7) is 2.00. The summed E-state index contributed by atoms with van der Waals surface area (Å²) in [7, 11) is 0. The van der Waals surface area contributed by atoms with Crippen LogP contribution in [0.1, 0.15) is 5.69 Å². The van der Waals surface area contributed by atoms with Crippen LogP contribution in [-0.4, -0.2) is 26.3 Å². The molecule has 0 radical (unpaired) electrons. The van der Waals surface area contributed by atoms with E-state index in [4.69, 9.17) is 22.4 Å². The lowest BCUT2D eigenvalue weighted by Crippen LogP contribution is -2.12. The van der Waals surface area contributed by atoms with Crippen LogP contribution >= 0.6 is 11.6 Å². The van der Waals surface area contributed by atoms with Gasteiger partial charge in [-0.15, -0.1) is 11.6 Å². The van der Waals surface area contributed by atoms with Gasteiger partial charge in [0.1, 0.15) is 5.84 Å². The van der Waals surface area contributed by atoms with Crippen molar-refractivity contribution >= 4 is 28.8 Å². The molecule has 0 saturated heterocycles. The zero-order chi connectivity index (χ0) is 18.8. The Hall–Kier alpha value is -3.18. The molecule has 2 aromatic heterocycles. The van der Waals surface area contributed by atoms with Crippen molar-refractivity contribution in [3.63, 3.8) is 0 Å². The first kappa shape index (κ1) is 17.2. The standard InChI is InChI=1S/C21H18ClN5/c1-14-20(15-6-3-2-4-7-15)21-24-11-10-18(27(21)26-14)16-8-5-9-17(12-16)25-19(23)13-22/h2-12H,13H2,1H3,(H2,23,25). The van der Waals surface area contributed by atoms with Crippen molar-refractivity contribution in [2.45, 2.75) is 6.92 Å². The molecule has 0 unspecified atom stereocenters. The van der Waals surface area contributed by atoms with Crippen LogP contribution in [0.2, 0.25) is 0 Å². The van der Waals surface area contributed by atoms with Crippen molar-refractivity contribution in [2.75, 3.05) is 5.88 Å². The van der Waals surface area contributed by atoms with Gasteiger partial charge in [0, 0.05) is 17.3 Å². The topological polar surface area (TPSA) is 68.6 Å². The van der Waals surface area contributed by atoms with E-state index in [9.17, 15) is 0 Å². The number of aryl methyl sites for hydroxylation is 1. The van der Waals surface area contributed by atoms with Gasteiger partial charge in [-0.1, -0.05) is 42.5 Å². The maximum absolute atomic E-state index is 5.76. The number of aromatic nitrogens is 3. The van der Waals surface area contributed by atoms with Crippen molar-refractivity contribution in [1.82, 2.24) is 14.6 Å². The summed E-state index contributed by atoms with van der Waals surface area (Å²) in [5, 5.41) is 4.75. The van der Waals surface area contributed by atoms with Gasteiger partial charge in [-0.3, -0.25) is 0 Å². The fourth-order valence-corrected chi connectivity index (χ4v) is 3.20. The number of fused-ring (bicyclic) bond motifs is 1. The molecule has 4 aromatic rings. The third-order valence-electron chi connectivity index (χ3n) is 4.31. The van der Waals surface area contributed by atoms with E-state index < -0.39 is 0 Å². The summed E-state index contributed by atoms with van der Waals surface area (Å²) >= 11 is 5.74. The molecule has 0 aliphatic rings. The maximum atomic E-state index is 5.76. The van der Waals surface area contributed by atoms with Gasteiger partial charge in [0.15, 0.2) is 5.65 Å². The Balaban J connectivity index is 1.89. The van der Waals surface area contributed by atoms with E-state index in [0.717, 1.165) is 39.4 Å². The number of hydrogen-bond donors (Lipinski definition) is 1. The number of nitrogens with zero attached hydrogens (tertiary/aromatic N) is 4. The monoisotopic (exact) mass is 375 g/mol. The van der Waals surface area contributed by atoms with Crippen LogP contribution in [0.5, 0.6) is 0 Å². The molecule has 0 saturated carbocycles. The Labute approximate surface area is 162 Å². The third kappa shape index (κ3) is 3.29. The molecule has 0 bridgehead atoms. The minimum Gasteiger partial charge on any atom is -0.386 e.